The van der Waals surface area contributed by atoms with Gasteiger partial charge >= 0.3 is 6.18 Å². The predicted octanol–water partition coefficient (Wildman–Crippen LogP) is 3.36. The Morgan fingerprint density at radius 2 is 1.76 bits per heavy atom. The van der Waals surface area contributed by atoms with Crippen molar-refractivity contribution in [2.75, 3.05) is 11.9 Å². The quantitative estimate of drug-likeness (QED) is 0.740. The van der Waals surface area contributed by atoms with Crippen molar-refractivity contribution in [1.29, 1.82) is 10.5 Å². The van der Waals surface area contributed by atoms with E-state index in [1.807, 2.05) is 0 Å². The Morgan fingerprint density at radius 1 is 1.14 bits per heavy atom. The number of hydrogen-bond acceptors (Lipinski definition) is 5. The lowest BCUT2D eigenvalue weighted by Crippen LogP contribution is -2.45. The first-order valence-corrected chi connectivity index (χ1v) is 7.95. The summed E-state index contributed by atoms with van der Waals surface area (Å²) in [5.74, 6) is -2.00. The Labute approximate surface area is 162 Å². The topological polar surface area (TPSA) is 106 Å². The van der Waals surface area contributed by atoms with E-state index in [2.05, 4.69) is 5.32 Å². The van der Waals surface area contributed by atoms with Crippen LogP contribution in [-0.2, 0) is 11.0 Å². The molecule has 0 saturated carbocycles. The number of anilines is 1. The number of carbonyl (C=O) groups is 1. The Morgan fingerprint density at radius 3 is 2.31 bits per heavy atom. The molecule has 0 heterocycles. The third kappa shape index (κ3) is 5.21. The van der Waals surface area contributed by atoms with Crippen molar-refractivity contribution in [3.05, 3.63) is 58.9 Å². The number of halogens is 4. The van der Waals surface area contributed by atoms with Gasteiger partial charge in [-0.05, 0) is 37.3 Å². The number of amides is 1. The number of rotatable bonds is 5. The number of aliphatic hydroxyl groups is 1. The van der Waals surface area contributed by atoms with E-state index in [1.54, 1.807) is 6.07 Å². The van der Waals surface area contributed by atoms with Crippen LogP contribution in [0.2, 0.25) is 0 Å². The summed E-state index contributed by atoms with van der Waals surface area (Å²) < 4.78 is 57.7. The van der Waals surface area contributed by atoms with Gasteiger partial charge in [0.15, 0.2) is 5.60 Å². The lowest BCUT2D eigenvalue weighted by molar-refractivity contribution is -0.138. The van der Waals surface area contributed by atoms with Gasteiger partial charge in [-0.15, -0.1) is 0 Å². The number of nitrogens with one attached hydrogen (secondary N) is 1. The largest absolute Gasteiger partial charge is 0.490 e. The average molecular weight is 407 g/mol. The molecular weight excluding hydrogens is 394 g/mol. The van der Waals surface area contributed by atoms with Gasteiger partial charge in [-0.1, -0.05) is 0 Å². The molecule has 0 aliphatic rings. The zero-order valence-corrected chi connectivity index (χ0v) is 14.8. The van der Waals surface area contributed by atoms with Crippen LogP contribution >= 0.6 is 0 Å². The van der Waals surface area contributed by atoms with Crippen LogP contribution in [-0.4, -0.2) is 23.2 Å². The molecule has 0 aliphatic heterocycles. The normalized spacial score (nSPS) is 13.0. The van der Waals surface area contributed by atoms with E-state index in [-0.39, 0.29) is 17.0 Å². The van der Waals surface area contributed by atoms with Crippen LogP contribution in [0.5, 0.6) is 5.75 Å². The molecule has 0 fully saturated rings. The number of ether oxygens (including phenoxy) is 1. The lowest BCUT2D eigenvalue weighted by Gasteiger charge is -2.23. The van der Waals surface area contributed by atoms with Crippen LogP contribution in [0.1, 0.15) is 23.6 Å². The fourth-order valence-electron chi connectivity index (χ4n) is 2.19. The maximum absolute atomic E-state index is 13.6. The maximum Gasteiger partial charge on any atom is 0.417 e. The molecular formula is C19H13F4N3O3. The second-order valence-corrected chi connectivity index (χ2v) is 6.14. The number of nitriles is 2. The number of carbonyl (C=O) groups excluding carboxylic acids is 1. The van der Waals surface area contributed by atoms with E-state index in [4.69, 9.17) is 15.3 Å². The van der Waals surface area contributed by atoms with Gasteiger partial charge in [0.25, 0.3) is 5.91 Å². The first kappa shape index (κ1) is 21.7. The minimum Gasteiger partial charge on any atom is -0.490 e. The molecule has 0 bridgehead atoms. The first-order chi connectivity index (χ1) is 13.5. The highest BCUT2D eigenvalue weighted by Crippen LogP contribution is 2.33. The lowest BCUT2D eigenvalue weighted by atomic mass is 10.1. The summed E-state index contributed by atoms with van der Waals surface area (Å²) in [6.07, 6.45) is -4.81. The van der Waals surface area contributed by atoms with Crippen molar-refractivity contribution >= 4 is 11.6 Å². The fraction of sp³-hybridized carbons (Fsp3) is 0.211. The van der Waals surface area contributed by atoms with E-state index in [0.29, 0.717) is 6.07 Å². The summed E-state index contributed by atoms with van der Waals surface area (Å²) in [4.78, 5) is 12.2. The molecule has 29 heavy (non-hydrogen) atoms. The summed E-state index contributed by atoms with van der Waals surface area (Å²) in [5, 5.41) is 29.8. The van der Waals surface area contributed by atoms with Crippen molar-refractivity contribution in [2.45, 2.75) is 18.7 Å². The van der Waals surface area contributed by atoms with Crippen molar-refractivity contribution < 1.29 is 32.2 Å². The zero-order valence-electron chi connectivity index (χ0n) is 14.8. The standard InChI is InChI=1S/C19H13F4N3O3/c1-18(28,10-29-14-5-3-12(9-25)16(20)7-14)17(27)26-13-4-2-11(8-24)15(6-13)19(21,22)23/h2-7,28H,10H2,1H3,(H,26,27)/t18-/m1/s1. The molecule has 0 aromatic heterocycles. The van der Waals surface area contributed by atoms with Gasteiger partial charge in [-0.2, -0.15) is 23.7 Å². The van der Waals surface area contributed by atoms with Gasteiger partial charge in [-0.3, -0.25) is 4.79 Å². The van der Waals surface area contributed by atoms with Gasteiger partial charge in [0, 0.05) is 11.8 Å². The third-order valence-corrected chi connectivity index (χ3v) is 3.77. The van der Waals surface area contributed by atoms with E-state index in [1.165, 1.54) is 12.1 Å². The third-order valence-electron chi connectivity index (χ3n) is 3.77. The molecule has 6 nitrogen and oxygen atoms in total. The molecule has 0 aliphatic carbocycles. The summed E-state index contributed by atoms with van der Waals surface area (Å²) in [7, 11) is 0. The molecule has 0 radical (unpaired) electrons. The molecule has 2 N–H and O–H groups in total. The highest BCUT2D eigenvalue weighted by atomic mass is 19.4. The number of alkyl halides is 3. The molecule has 10 heteroatoms. The van der Waals surface area contributed by atoms with Crippen LogP contribution in [0.15, 0.2) is 36.4 Å². The Balaban J connectivity index is 2.12. The van der Waals surface area contributed by atoms with Crippen LogP contribution in [0.4, 0.5) is 23.2 Å². The highest BCUT2D eigenvalue weighted by Gasteiger charge is 2.35. The van der Waals surface area contributed by atoms with Crippen LogP contribution in [0.3, 0.4) is 0 Å². The van der Waals surface area contributed by atoms with Crippen molar-refractivity contribution in [2.24, 2.45) is 0 Å². The average Bonchev–Trinajstić information content (AvgIpc) is 2.65. The fourth-order valence-corrected chi connectivity index (χ4v) is 2.19. The molecule has 1 amide bonds. The SMILES string of the molecule is C[C@@](O)(COc1ccc(C#N)c(F)c1)C(=O)Nc1ccc(C#N)c(C(F)(F)F)c1. The van der Waals surface area contributed by atoms with Crippen molar-refractivity contribution in [3.8, 4) is 17.9 Å². The van der Waals surface area contributed by atoms with Gasteiger partial charge in [-0.25, -0.2) is 4.39 Å². The maximum atomic E-state index is 13.6. The number of nitrogens with zero attached hydrogens (tertiary/aromatic N) is 2. The Kier molecular flexibility index (Phi) is 6.10. The molecule has 0 unspecified atom stereocenters. The molecule has 2 aromatic rings. The molecule has 1 atom stereocenters. The minimum absolute atomic E-state index is 0.0627. The molecule has 150 valence electrons. The van der Waals surface area contributed by atoms with Gasteiger partial charge in [0.2, 0.25) is 0 Å². The second kappa shape index (κ2) is 8.17. The smallest absolute Gasteiger partial charge is 0.417 e. The van der Waals surface area contributed by atoms with E-state index in [9.17, 15) is 27.5 Å². The summed E-state index contributed by atoms with van der Waals surface area (Å²) in [5.41, 5.74) is -4.54. The first-order valence-electron chi connectivity index (χ1n) is 7.95. The van der Waals surface area contributed by atoms with E-state index >= 15 is 0 Å². The minimum atomic E-state index is -4.81. The molecule has 0 spiro atoms. The van der Waals surface area contributed by atoms with Crippen molar-refractivity contribution in [3.63, 3.8) is 0 Å². The van der Waals surface area contributed by atoms with Gasteiger partial charge < -0.3 is 15.2 Å². The summed E-state index contributed by atoms with van der Waals surface area (Å²) >= 11 is 0. The summed E-state index contributed by atoms with van der Waals surface area (Å²) in [6.45, 7) is 0.406. The number of benzene rings is 2. The van der Waals surface area contributed by atoms with E-state index < -0.39 is 41.2 Å². The zero-order chi connectivity index (χ0) is 21.8. The van der Waals surface area contributed by atoms with Gasteiger partial charge in [0.05, 0.1) is 22.8 Å². The Bertz CT molecular complexity index is 1020. The van der Waals surface area contributed by atoms with E-state index in [0.717, 1.165) is 31.2 Å². The van der Waals surface area contributed by atoms with Gasteiger partial charge in [0.1, 0.15) is 24.2 Å². The van der Waals surface area contributed by atoms with Crippen LogP contribution in [0.25, 0.3) is 0 Å². The molecule has 0 saturated heterocycles. The van der Waals surface area contributed by atoms with Crippen LogP contribution in [0, 0.1) is 28.5 Å². The predicted molar refractivity (Wildman–Crippen MR) is 92.0 cm³/mol. The second-order valence-electron chi connectivity index (χ2n) is 6.14. The molecule has 2 aromatic carbocycles. The van der Waals surface area contributed by atoms with Crippen molar-refractivity contribution in [1.82, 2.24) is 0 Å². The summed E-state index contributed by atoms with van der Waals surface area (Å²) in [6, 6.07) is 8.87. The molecule has 2 rings (SSSR count). The van der Waals surface area contributed by atoms with Crippen LogP contribution < -0.4 is 10.1 Å². The monoisotopic (exact) mass is 407 g/mol. The Hall–Kier alpha value is -3.63. The number of hydrogen-bond donors (Lipinski definition) is 2. The highest BCUT2D eigenvalue weighted by molar-refractivity contribution is 5.97.